The van der Waals surface area contributed by atoms with Crippen molar-refractivity contribution in [2.45, 2.75) is 6.10 Å². The summed E-state index contributed by atoms with van der Waals surface area (Å²) < 4.78 is 5.66. The minimum atomic E-state index is -1.02. The van der Waals surface area contributed by atoms with Crippen molar-refractivity contribution in [2.75, 3.05) is 44.3 Å². The van der Waals surface area contributed by atoms with E-state index in [9.17, 15) is 15.0 Å². The minimum Gasteiger partial charge on any atom is -0.461 e. The molecule has 3 heterocycles. The summed E-state index contributed by atoms with van der Waals surface area (Å²) in [7, 11) is 0. The van der Waals surface area contributed by atoms with E-state index in [1.807, 2.05) is 65.6 Å². The molecule has 0 aliphatic carbocycles. The molecule has 208 valence electrons. The van der Waals surface area contributed by atoms with Gasteiger partial charge in [0.1, 0.15) is 23.4 Å². The lowest BCUT2D eigenvalue weighted by atomic mass is 10.0. The molecule has 0 radical (unpaired) electrons. The van der Waals surface area contributed by atoms with Gasteiger partial charge in [-0.25, -0.2) is 0 Å². The Labute approximate surface area is 242 Å². The maximum Gasteiger partial charge on any atom is 0.319 e. The summed E-state index contributed by atoms with van der Waals surface area (Å²) in [5, 5.41) is 19.9. The highest BCUT2D eigenvalue weighted by Crippen LogP contribution is 2.38. The molecule has 3 aromatic carbocycles. The van der Waals surface area contributed by atoms with E-state index in [0.717, 1.165) is 37.6 Å². The Kier molecular flexibility index (Phi) is 7.91. The summed E-state index contributed by atoms with van der Waals surface area (Å²) in [5.74, 6) is 0.752. The predicted molar refractivity (Wildman–Crippen MR) is 161 cm³/mol. The highest BCUT2D eigenvalue weighted by molar-refractivity contribution is 7.21. The number of aliphatic hydroxyl groups is 2. The molecule has 5 aromatic rings. The third-order valence-corrected chi connectivity index (χ3v) is 8.21. The molecule has 1 amide bonds. The summed E-state index contributed by atoms with van der Waals surface area (Å²) in [4.78, 5) is 28.5. The first kappa shape index (κ1) is 26.9. The van der Waals surface area contributed by atoms with Crippen LogP contribution in [0.2, 0.25) is 0 Å². The highest BCUT2D eigenvalue weighted by atomic mass is 32.1. The Morgan fingerprint density at radius 1 is 0.854 bits per heavy atom. The number of ether oxygens (including phenoxy) is 1. The van der Waals surface area contributed by atoms with Gasteiger partial charge in [0.05, 0.1) is 12.0 Å². The first-order chi connectivity index (χ1) is 20.1. The number of carbonyl (C=O) groups is 1. The summed E-state index contributed by atoms with van der Waals surface area (Å²) >= 11 is 1.55. The number of nitrogens with zero attached hydrogens (tertiary/aromatic N) is 4. The van der Waals surface area contributed by atoms with E-state index in [1.54, 1.807) is 11.3 Å². The van der Waals surface area contributed by atoms with E-state index in [2.05, 4.69) is 40.2 Å². The summed E-state index contributed by atoms with van der Waals surface area (Å²) in [6.07, 6.45) is -1.02. The molecule has 1 atom stereocenters. The SMILES string of the molecule is O=C(c1ccc(-c2ccccc2)cc1)N1CCN(c2nc(OC[C@H](O)CO)nc3sc(-c4ccccc4)cc23)CC1. The van der Waals surface area contributed by atoms with Crippen LogP contribution in [0.3, 0.4) is 0 Å². The Hall–Kier alpha value is -4.31. The van der Waals surface area contributed by atoms with Crippen LogP contribution in [-0.2, 0) is 0 Å². The molecule has 0 spiro atoms. The number of anilines is 1. The van der Waals surface area contributed by atoms with Crippen molar-refractivity contribution in [1.82, 2.24) is 14.9 Å². The van der Waals surface area contributed by atoms with Crippen molar-refractivity contribution >= 4 is 33.3 Å². The zero-order valence-electron chi connectivity index (χ0n) is 22.4. The number of hydrogen-bond donors (Lipinski definition) is 2. The molecular formula is C32H30N4O4S. The lowest BCUT2D eigenvalue weighted by molar-refractivity contribution is 0.0506. The molecule has 1 aliphatic rings. The van der Waals surface area contributed by atoms with Gasteiger partial charge in [0, 0.05) is 36.6 Å². The smallest absolute Gasteiger partial charge is 0.319 e. The van der Waals surface area contributed by atoms with E-state index in [4.69, 9.17) is 9.72 Å². The number of benzene rings is 3. The first-order valence-corrected chi connectivity index (χ1v) is 14.4. The molecule has 0 bridgehead atoms. The second-order valence-electron chi connectivity index (χ2n) is 9.90. The number of rotatable bonds is 8. The Morgan fingerprint density at radius 2 is 1.49 bits per heavy atom. The quantitative estimate of drug-likeness (QED) is 0.280. The summed E-state index contributed by atoms with van der Waals surface area (Å²) in [6.45, 7) is 1.81. The van der Waals surface area contributed by atoms with Crippen LogP contribution in [-0.4, -0.2) is 76.5 Å². The lowest BCUT2D eigenvalue weighted by Gasteiger charge is -2.35. The molecule has 0 saturated carbocycles. The number of piperazine rings is 1. The molecule has 9 heteroatoms. The van der Waals surface area contributed by atoms with E-state index in [0.29, 0.717) is 31.7 Å². The van der Waals surface area contributed by atoms with Crippen molar-refractivity contribution in [1.29, 1.82) is 0 Å². The Morgan fingerprint density at radius 3 is 2.15 bits per heavy atom. The highest BCUT2D eigenvalue weighted by Gasteiger charge is 2.26. The number of amides is 1. The van der Waals surface area contributed by atoms with Gasteiger partial charge >= 0.3 is 6.01 Å². The predicted octanol–water partition coefficient (Wildman–Crippen LogP) is 4.72. The van der Waals surface area contributed by atoms with Gasteiger partial charge in [-0.1, -0.05) is 72.8 Å². The fourth-order valence-corrected chi connectivity index (χ4v) is 5.92. The topological polar surface area (TPSA) is 99.0 Å². The number of hydrogen-bond acceptors (Lipinski definition) is 8. The standard InChI is InChI=1S/C32H30N4O4S/c37-20-26(38)21-40-32-33-29(27-19-28(41-30(27)34-32)24-9-5-2-6-10-24)35-15-17-36(18-16-35)31(39)25-13-11-23(12-14-25)22-7-3-1-4-8-22/h1-14,19,26,37-38H,15-18,20-21H2/t26-/m1/s1. The zero-order valence-corrected chi connectivity index (χ0v) is 23.2. The number of aliphatic hydroxyl groups excluding tert-OH is 2. The van der Waals surface area contributed by atoms with Crippen LogP contribution in [0.5, 0.6) is 6.01 Å². The molecule has 1 saturated heterocycles. The minimum absolute atomic E-state index is 0.0148. The lowest BCUT2D eigenvalue weighted by Crippen LogP contribution is -2.49. The number of carbonyl (C=O) groups excluding carboxylic acids is 1. The largest absolute Gasteiger partial charge is 0.461 e. The van der Waals surface area contributed by atoms with Gasteiger partial charge < -0.3 is 24.7 Å². The van der Waals surface area contributed by atoms with Gasteiger partial charge in [-0.05, 0) is 34.9 Å². The average Bonchev–Trinajstić information content (AvgIpc) is 3.48. The summed E-state index contributed by atoms with van der Waals surface area (Å²) in [5.41, 5.74) is 3.96. The van der Waals surface area contributed by atoms with Crippen LogP contribution in [0, 0.1) is 0 Å². The van der Waals surface area contributed by atoms with Gasteiger partial charge in [-0.3, -0.25) is 4.79 Å². The average molecular weight is 567 g/mol. The molecule has 6 rings (SSSR count). The first-order valence-electron chi connectivity index (χ1n) is 13.6. The van der Waals surface area contributed by atoms with E-state index in [1.165, 1.54) is 0 Å². The molecule has 1 fully saturated rings. The van der Waals surface area contributed by atoms with Crippen LogP contribution in [0.1, 0.15) is 10.4 Å². The maximum absolute atomic E-state index is 13.3. The molecule has 1 aliphatic heterocycles. The molecule has 8 nitrogen and oxygen atoms in total. The van der Waals surface area contributed by atoms with Crippen molar-refractivity contribution in [3.05, 3.63) is 96.6 Å². The third-order valence-electron chi connectivity index (χ3n) is 7.13. The van der Waals surface area contributed by atoms with Gasteiger partial charge in [0.2, 0.25) is 0 Å². The van der Waals surface area contributed by atoms with E-state index >= 15 is 0 Å². The number of aromatic nitrogens is 2. The van der Waals surface area contributed by atoms with E-state index < -0.39 is 12.7 Å². The molecular weight excluding hydrogens is 536 g/mol. The third kappa shape index (κ3) is 5.92. The Balaban J connectivity index is 1.21. The second kappa shape index (κ2) is 12.1. The van der Waals surface area contributed by atoms with Crippen LogP contribution in [0.15, 0.2) is 91.0 Å². The second-order valence-corrected chi connectivity index (χ2v) is 10.9. The molecule has 2 aromatic heterocycles. The normalized spacial score (nSPS) is 14.3. The fourth-order valence-electron chi connectivity index (χ4n) is 4.90. The van der Waals surface area contributed by atoms with Gasteiger partial charge in [-0.15, -0.1) is 11.3 Å². The Bertz CT molecular complexity index is 1620. The van der Waals surface area contributed by atoms with Crippen molar-refractivity contribution in [2.24, 2.45) is 0 Å². The molecule has 41 heavy (non-hydrogen) atoms. The summed E-state index contributed by atoms with van der Waals surface area (Å²) in [6, 6.07) is 30.2. The van der Waals surface area contributed by atoms with Crippen LogP contribution in [0.25, 0.3) is 31.8 Å². The van der Waals surface area contributed by atoms with Gasteiger partial charge in [0.15, 0.2) is 0 Å². The number of thiophene rings is 1. The maximum atomic E-state index is 13.3. The van der Waals surface area contributed by atoms with Crippen molar-refractivity contribution in [3.8, 4) is 27.6 Å². The zero-order chi connectivity index (χ0) is 28.2. The van der Waals surface area contributed by atoms with Crippen LogP contribution < -0.4 is 9.64 Å². The molecule has 0 unspecified atom stereocenters. The van der Waals surface area contributed by atoms with E-state index in [-0.39, 0.29) is 18.5 Å². The number of fused-ring (bicyclic) bond motifs is 1. The van der Waals surface area contributed by atoms with Crippen molar-refractivity contribution in [3.63, 3.8) is 0 Å². The van der Waals surface area contributed by atoms with Gasteiger partial charge in [0.25, 0.3) is 5.91 Å². The van der Waals surface area contributed by atoms with Gasteiger partial charge in [-0.2, -0.15) is 9.97 Å². The van der Waals surface area contributed by atoms with Crippen LogP contribution in [0.4, 0.5) is 5.82 Å². The fraction of sp³-hybridized carbons (Fsp3) is 0.219. The monoisotopic (exact) mass is 566 g/mol. The molecule has 2 N–H and O–H groups in total. The van der Waals surface area contributed by atoms with Crippen LogP contribution >= 0.6 is 11.3 Å². The van der Waals surface area contributed by atoms with Crippen molar-refractivity contribution < 1.29 is 19.7 Å².